The molecule has 2 aromatic carbocycles. The summed E-state index contributed by atoms with van der Waals surface area (Å²) in [5, 5.41) is 17.9. The third kappa shape index (κ3) is 5.02. The maximum absolute atomic E-state index is 14.5. The van der Waals surface area contributed by atoms with Crippen molar-refractivity contribution in [3.05, 3.63) is 76.9 Å². The van der Waals surface area contributed by atoms with E-state index < -0.39 is 5.82 Å². The molecule has 168 valence electrons. The van der Waals surface area contributed by atoms with Gasteiger partial charge in [0.25, 0.3) is 0 Å². The Kier molecular flexibility index (Phi) is 6.66. The highest BCUT2D eigenvalue weighted by Crippen LogP contribution is 2.32. The molecule has 0 spiro atoms. The van der Waals surface area contributed by atoms with Gasteiger partial charge in [0.05, 0.1) is 29.1 Å². The number of nitrogens with one attached hydrogen (secondary N) is 1. The van der Waals surface area contributed by atoms with E-state index in [1.165, 1.54) is 12.1 Å². The Labute approximate surface area is 192 Å². The van der Waals surface area contributed by atoms with E-state index in [0.29, 0.717) is 35.1 Å². The Morgan fingerprint density at radius 2 is 2.18 bits per heavy atom. The minimum atomic E-state index is -0.581. The molecule has 0 radical (unpaired) electrons. The molecule has 4 rings (SSSR count). The first kappa shape index (κ1) is 22.4. The van der Waals surface area contributed by atoms with Crippen molar-refractivity contribution < 1.29 is 9.13 Å². The van der Waals surface area contributed by atoms with Crippen molar-refractivity contribution in [3.8, 4) is 6.07 Å². The predicted octanol–water partition coefficient (Wildman–Crippen LogP) is 4.68. The first-order valence-electron chi connectivity index (χ1n) is 10.8. The molecule has 0 bridgehead atoms. The number of aromatic nitrogens is 2. The summed E-state index contributed by atoms with van der Waals surface area (Å²) in [5.41, 5.74) is 3.54. The molecule has 1 fully saturated rings. The normalized spacial score (nSPS) is 17.0. The Balaban J connectivity index is 1.80. The van der Waals surface area contributed by atoms with Gasteiger partial charge in [-0.3, -0.25) is 9.67 Å². The van der Waals surface area contributed by atoms with Crippen molar-refractivity contribution >= 4 is 28.9 Å². The number of ether oxygens (including phenoxy) is 1. The summed E-state index contributed by atoms with van der Waals surface area (Å²) in [6.45, 7) is 8.24. The lowest BCUT2D eigenvalue weighted by Crippen LogP contribution is -2.13. The van der Waals surface area contributed by atoms with E-state index in [4.69, 9.17) is 10.00 Å². The zero-order valence-electron chi connectivity index (χ0n) is 18.8. The highest BCUT2D eigenvalue weighted by Gasteiger charge is 2.16. The molecule has 33 heavy (non-hydrogen) atoms. The van der Waals surface area contributed by atoms with E-state index in [-0.39, 0.29) is 5.56 Å². The summed E-state index contributed by atoms with van der Waals surface area (Å²) in [4.78, 5) is 4.32. The fourth-order valence-corrected chi connectivity index (χ4v) is 4.04. The molecule has 3 aromatic rings. The third-order valence-electron chi connectivity index (χ3n) is 5.76. The summed E-state index contributed by atoms with van der Waals surface area (Å²) in [5.74, 6) is 0.589. The van der Waals surface area contributed by atoms with Crippen LogP contribution >= 0.6 is 0 Å². The van der Waals surface area contributed by atoms with Gasteiger partial charge >= 0.3 is 0 Å². The van der Waals surface area contributed by atoms with Gasteiger partial charge in [0.2, 0.25) is 0 Å². The average molecular weight is 444 g/mol. The number of hydrogen-bond acceptors (Lipinski definition) is 5. The molecule has 1 aliphatic rings. The van der Waals surface area contributed by atoms with Crippen LogP contribution in [0.3, 0.4) is 0 Å². The summed E-state index contributed by atoms with van der Waals surface area (Å²) < 4.78 is 22.3. The molecule has 1 aliphatic heterocycles. The molecule has 0 saturated carbocycles. The van der Waals surface area contributed by atoms with Gasteiger partial charge in [0.1, 0.15) is 11.9 Å². The number of nitrogens with zero attached hydrogens (tertiary/aromatic N) is 4. The summed E-state index contributed by atoms with van der Waals surface area (Å²) in [6, 6.07) is 12.3. The van der Waals surface area contributed by atoms with Gasteiger partial charge in [-0.05, 0) is 62.5 Å². The molecule has 6 nitrogen and oxygen atoms in total. The number of benzene rings is 2. The van der Waals surface area contributed by atoms with Gasteiger partial charge in [-0.25, -0.2) is 4.39 Å². The maximum Gasteiger partial charge on any atom is 0.141 e. The van der Waals surface area contributed by atoms with Crippen LogP contribution in [0.25, 0.3) is 22.2 Å². The van der Waals surface area contributed by atoms with Gasteiger partial charge in [-0.2, -0.15) is 10.4 Å². The largest absolute Gasteiger partial charge is 0.498 e. The number of halogens is 1. The Hall–Kier alpha value is -3.76. The topological polar surface area (TPSA) is 75.2 Å². The van der Waals surface area contributed by atoms with Gasteiger partial charge in [0.15, 0.2) is 0 Å². The maximum atomic E-state index is 14.5. The number of aryl methyl sites for hydroxylation is 1. The molecule has 1 N–H and O–H groups in total. The average Bonchev–Trinajstić information content (AvgIpc) is 3.45. The van der Waals surface area contributed by atoms with Crippen LogP contribution in [0, 0.1) is 23.1 Å². The quantitative estimate of drug-likeness (QED) is 0.249. The summed E-state index contributed by atoms with van der Waals surface area (Å²) in [7, 11) is 1.87. The van der Waals surface area contributed by atoms with Crippen LogP contribution in [-0.2, 0) is 11.8 Å². The second kappa shape index (κ2) is 9.80. The monoisotopic (exact) mass is 443 g/mol. The minimum absolute atomic E-state index is 0.00585. The zero-order chi connectivity index (χ0) is 23.4. The van der Waals surface area contributed by atoms with Crippen molar-refractivity contribution in [1.29, 1.82) is 5.26 Å². The number of hydrogen-bond donors (Lipinski definition) is 1. The van der Waals surface area contributed by atoms with Crippen LogP contribution in [0.4, 0.5) is 4.39 Å². The lowest BCUT2D eigenvalue weighted by molar-refractivity contribution is 0.174. The molecule has 1 saturated heterocycles. The van der Waals surface area contributed by atoms with E-state index in [1.54, 1.807) is 10.7 Å². The first-order chi connectivity index (χ1) is 16.0. The molecule has 2 heterocycles. The smallest absolute Gasteiger partial charge is 0.141 e. The SMILES string of the molecule is C=N/C(=C(\C=C(/C)OCC1CCNC1)c1ccc(C#N)c(F)c1)c1ccc2nn(C)cc2c1. The second-order valence-corrected chi connectivity index (χ2v) is 8.23. The Morgan fingerprint density at radius 3 is 2.88 bits per heavy atom. The Morgan fingerprint density at radius 1 is 1.36 bits per heavy atom. The lowest BCUT2D eigenvalue weighted by Gasteiger charge is -2.14. The first-order valence-corrected chi connectivity index (χ1v) is 10.8. The molecular formula is C26H26FN5O. The molecule has 1 aromatic heterocycles. The highest BCUT2D eigenvalue weighted by atomic mass is 19.1. The van der Waals surface area contributed by atoms with Crippen molar-refractivity contribution in [3.63, 3.8) is 0 Å². The highest BCUT2D eigenvalue weighted by molar-refractivity contribution is 5.98. The van der Waals surface area contributed by atoms with Gasteiger partial charge in [-0.15, -0.1) is 0 Å². The fourth-order valence-electron chi connectivity index (χ4n) is 4.04. The van der Waals surface area contributed by atoms with E-state index in [9.17, 15) is 4.39 Å². The van der Waals surface area contributed by atoms with Crippen molar-refractivity contribution in [2.24, 2.45) is 18.0 Å². The van der Waals surface area contributed by atoms with Crippen LogP contribution in [-0.4, -0.2) is 36.2 Å². The number of nitriles is 1. The lowest BCUT2D eigenvalue weighted by atomic mass is 9.97. The molecule has 7 heteroatoms. The standard InChI is InChI=1S/C26H26FN5O/c1-17(33-16-18-8-9-30-14-18)10-23(19-4-5-21(13-28)24(27)12-19)26(29-2)20-6-7-25-22(11-20)15-32(3)31-25/h4-7,10-12,15,18,30H,2,8-9,14,16H2,1,3H3/b17-10+,26-23+. The van der Waals surface area contributed by atoms with E-state index in [2.05, 4.69) is 22.1 Å². The van der Waals surface area contributed by atoms with Crippen molar-refractivity contribution in [1.82, 2.24) is 15.1 Å². The van der Waals surface area contributed by atoms with Crippen LogP contribution in [0.1, 0.15) is 30.0 Å². The summed E-state index contributed by atoms with van der Waals surface area (Å²) >= 11 is 0. The third-order valence-corrected chi connectivity index (χ3v) is 5.76. The number of rotatable bonds is 7. The zero-order valence-corrected chi connectivity index (χ0v) is 18.8. The fraction of sp³-hybridized carbons (Fsp3) is 0.269. The summed E-state index contributed by atoms with van der Waals surface area (Å²) in [6.07, 6.45) is 4.88. The number of fused-ring (bicyclic) bond motifs is 1. The van der Waals surface area contributed by atoms with Crippen molar-refractivity contribution in [2.75, 3.05) is 19.7 Å². The number of aliphatic imine (C=N–C) groups is 1. The molecule has 1 unspecified atom stereocenters. The van der Waals surface area contributed by atoms with Crippen LogP contribution in [0.15, 0.2) is 59.4 Å². The minimum Gasteiger partial charge on any atom is -0.498 e. The van der Waals surface area contributed by atoms with E-state index in [0.717, 1.165) is 36.0 Å². The van der Waals surface area contributed by atoms with Gasteiger partial charge < -0.3 is 10.1 Å². The predicted molar refractivity (Wildman–Crippen MR) is 129 cm³/mol. The van der Waals surface area contributed by atoms with Crippen LogP contribution in [0.5, 0.6) is 0 Å². The van der Waals surface area contributed by atoms with E-state index in [1.807, 2.05) is 50.5 Å². The van der Waals surface area contributed by atoms with Crippen molar-refractivity contribution in [2.45, 2.75) is 13.3 Å². The molecule has 1 atom stereocenters. The van der Waals surface area contributed by atoms with Crippen LogP contribution < -0.4 is 5.32 Å². The molecular weight excluding hydrogens is 417 g/mol. The van der Waals surface area contributed by atoms with E-state index >= 15 is 0 Å². The molecule has 0 aliphatic carbocycles. The Bertz CT molecular complexity index is 1290. The van der Waals surface area contributed by atoms with Crippen LogP contribution in [0.2, 0.25) is 0 Å². The van der Waals surface area contributed by atoms with Gasteiger partial charge in [-0.1, -0.05) is 12.1 Å². The van der Waals surface area contributed by atoms with Gasteiger partial charge in [0, 0.05) is 42.2 Å². The second-order valence-electron chi connectivity index (χ2n) is 8.23. The number of allylic oxidation sites excluding steroid dienone is 3. The molecule has 0 amide bonds.